The number of pyridine rings is 1. The Morgan fingerprint density at radius 3 is 2.20 bits per heavy atom. The highest BCUT2D eigenvalue weighted by molar-refractivity contribution is 7.92. The molecule has 0 spiro atoms. The maximum Gasteiger partial charge on any atom is 0.435 e. The van der Waals surface area contributed by atoms with Gasteiger partial charge in [-0.2, -0.15) is 45.3 Å². The highest BCUT2D eigenvalue weighted by Crippen LogP contribution is 2.68. The third-order valence-corrected chi connectivity index (χ3v) is 14.2. The molecule has 1 radical (unpaired) electrons. The van der Waals surface area contributed by atoms with Crippen molar-refractivity contribution in [1.82, 2.24) is 29.9 Å². The van der Waals surface area contributed by atoms with E-state index in [-0.39, 0.29) is 49.6 Å². The van der Waals surface area contributed by atoms with Crippen molar-refractivity contribution in [1.29, 1.82) is 0 Å². The molecule has 5 aromatic rings. The van der Waals surface area contributed by atoms with Gasteiger partial charge in [-0.25, -0.2) is 30.6 Å². The molecule has 1 amide bonds. The molecule has 2 aliphatic rings. The van der Waals surface area contributed by atoms with Crippen LogP contribution in [-0.2, 0) is 56.3 Å². The van der Waals surface area contributed by atoms with Gasteiger partial charge in [-0.1, -0.05) is 23.6 Å². The lowest BCUT2D eigenvalue weighted by molar-refractivity contribution is -0.143. The van der Waals surface area contributed by atoms with Crippen molar-refractivity contribution >= 4 is 54.1 Å². The summed E-state index contributed by atoms with van der Waals surface area (Å²) in [4.78, 5) is 18.5. The molecule has 12 nitrogen and oxygen atoms in total. The largest absolute Gasteiger partial charge is 0.435 e. The minimum absolute atomic E-state index is 0.201. The quantitative estimate of drug-likeness (QED) is 0.104. The molecule has 1 fully saturated rings. The van der Waals surface area contributed by atoms with Gasteiger partial charge in [0.15, 0.2) is 21.3 Å². The minimum atomic E-state index is -5.19. The number of hydrogen-bond acceptors (Lipinski definition) is 8. The van der Waals surface area contributed by atoms with E-state index in [9.17, 15) is 56.8 Å². The lowest BCUT2D eigenvalue weighted by Gasteiger charge is -2.23. The van der Waals surface area contributed by atoms with Gasteiger partial charge in [0.2, 0.25) is 15.9 Å². The van der Waals surface area contributed by atoms with Gasteiger partial charge < -0.3 is 5.32 Å². The molecule has 2 aromatic carbocycles. The molecule has 347 valence electrons. The summed E-state index contributed by atoms with van der Waals surface area (Å²) in [6.45, 7) is -0.579. The molecule has 1 saturated carbocycles. The van der Waals surface area contributed by atoms with Crippen LogP contribution in [0.1, 0.15) is 66.1 Å². The fraction of sp³-hybridized carbons (Fsp3) is 0.375. The highest BCUT2D eigenvalue weighted by Gasteiger charge is 2.68. The van der Waals surface area contributed by atoms with Gasteiger partial charge >= 0.3 is 12.4 Å². The molecule has 65 heavy (non-hydrogen) atoms. The van der Waals surface area contributed by atoms with Crippen LogP contribution in [0.3, 0.4) is 0 Å². The van der Waals surface area contributed by atoms with Crippen molar-refractivity contribution in [2.75, 3.05) is 16.8 Å². The van der Waals surface area contributed by atoms with E-state index in [1.54, 1.807) is 0 Å². The number of nitrogens with one attached hydrogen (secondary N) is 1. The third kappa shape index (κ3) is 9.23. The summed E-state index contributed by atoms with van der Waals surface area (Å²) in [5, 5.41) is 9.02. The van der Waals surface area contributed by atoms with E-state index in [1.807, 2.05) is 0 Å². The van der Waals surface area contributed by atoms with Crippen LogP contribution < -0.4 is 9.62 Å². The normalized spacial score (nSPS) is 17.6. The molecule has 0 bridgehead atoms. The van der Waals surface area contributed by atoms with Crippen molar-refractivity contribution in [3.05, 3.63) is 100 Å². The van der Waals surface area contributed by atoms with Crippen LogP contribution in [0.2, 0.25) is 5.02 Å². The Balaban J connectivity index is 1.46. The van der Waals surface area contributed by atoms with Crippen LogP contribution >= 0.6 is 11.6 Å². The van der Waals surface area contributed by atoms with Crippen LogP contribution in [0.5, 0.6) is 0 Å². The first kappa shape index (κ1) is 47.5. The summed E-state index contributed by atoms with van der Waals surface area (Å²) in [5.41, 5.74) is -5.25. The Bertz CT molecular complexity index is 3070. The topological polar surface area (TPSA) is 149 Å². The number of halogens is 11. The molecular weight excluding hydrogens is 948 g/mol. The molecular formula is C40H33ClF10N7O5S2. The molecule has 25 heteroatoms. The second kappa shape index (κ2) is 15.9. The van der Waals surface area contributed by atoms with Gasteiger partial charge in [0.05, 0.1) is 41.0 Å². The maximum absolute atomic E-state index is 15.5. The molecule has 0 unspecified atom stereocenters. The third-order valence-electron chi connectivity index (χ3n) is 10.9. The van der Waals surface area contributed by atoms with Crippen molar-refractivity contribution in [3.63, 3.8) is 0 Å². The number of carbonyl (C=O) groups excluding carboxylic acids is 1. The monoisotopic (exact) mass is 980 g/mol. The molecule has 2 aliphatic carbocycles. The number of nitrogens with zero attached hydrogens (tertiary/aromatic N) is 6. The number of sulfone groups is 1. The lowest BCUT2D eigenvalue weighted by Crippen LogP contribution is -2.35. The predicted octanol–water partition coefficient (Wildman–Crippen LogP) is 7.85. The average Bonchev–Trinajstić information content (AvgIpc) is 3.66. The first-order valence-electron chi connectivity index (χ1n) is 18.9. The first-order chi connectivity index (χ1) is 29.8. The van der Waals surface area contributed by atoms with Gasteiger partial charge in [-0.15, -0.1) is 0 Å². The summed E-state index contributed by atoms with van der Waals surface area (Å²) >= 11 is 6.51. The van der Waals surface area contributed by atoms with Gasteiger partial charge in [-0.05, 0) is 74.4 Å². The van der Waals surface area contributed by atoms with E-state index in [4.69, 9.17) is 11.6 Å². The summed E-state index contributed by atoms with van der Waals surface area (Å²) in [5.74, 6) is -5.48. The summed E-state index contributed by atoms with van der Waals surface area (Å²) in [7, 11) is -4.76. The van der Waals surface area contributed by atoms with Crippen LogP contribution in [0.4, 0.5) is 49.7 Å². The zero-order valence-electron chi connectivity index (χ0n) is 34.0. The number of amides is 1. The Morgan fingerprint density at radius 1 is 0.985 bits per heavy atom. The summed E-state index contributed by atoms with van der Waals surface area (Å²) in [6, 6.07) is 5.20. The molecule has 7 rings (SSSR count). The number of benzene rings is 2. The van der Waals surface area contributed by atoms with Gasteiger partial charge in [0, 0.05) is 34.9 Å². The smallest absolute Gasteiger partial charge is 0.346 e. The Hall–Kier alpha value is -5.41. The molecule has 0 aliphatic heterocycles. The van der Waals surface area contributed by atoms with Gasteiger partial charge in [0.1, 0.15) is 40.9 Å². The minimum Gasteiger partial charge on any atom is -0.346 e. The van der Waals surface area contributed by atoms with Crippen LogP contribution in [-0.4, -0.2) is 70.7 Å². The van der Waals surface area contributed by atoms with E-state index in [0.29, 0.717) is 21.3 Å². The number of carbonyl (C=O) groups is 1. The number of aromatic nitrogens is 5. The fourth-order valence-electron chi connectivity index (χ4n) is 7.59. The predicted molar refractivity (Wildman–Crippen MR) is 215 cm³/mol. The molecule has 3 aromatic heterocycles. The maximum atomic E-state index is 15.5. The number of sulfonamides is 1. The zero-order valence-corrected chi connectivity index (χ0v) is 36.4. The molecule has 3 atom stereocenters. The van der Waals surface area contributed by atoms with E-state index in [1.165, 1.54) is 32.0 Å². The van der Waals surface area contributed by atoms with E-state index >= 15 is 8.78 Å². The number of hydrogen-bond donors (Lipinski definition) is 1. The van der Waals surface area contributed by atoms with Crippen molar-refractivity contribution in [3.8, 4) is 23.0 Å². The van der Waals surface area contributed by atoms with Crippen molar-refractivity contribution < 1.29 is 65.5 Å². The molecule has 1 N–H and O–H groups in total. The molecule has 3 heterocycles. The van der Waals surface area contributed by atoms with Crippen LogP contribution in [0.15, 0.2) is 42.5 Å². The van der Waals surface area contributed by atoms with Crippen LogP contribution in [0, 0.1) is 36.4 Å². The second-order valence-corrected chi connectivity index (χ2v) is 21.0. The van der Waals surface area contributed by atoms with Crippen LogP contribution in [0.25, 0.3) is 22.0 Å². The highest BCUT2D eigenvalue weighted by atomic mass is 35.5. The standard InChI is InChI=1S/C40H33ClF10N7O5S2/c1-37(2,64(4,60)61)11-10-22-6-7-23(24-8-9-27(41)31-33(24)58(18-38(44,45)46)55-36(31)56(3)65(5,62)63)32(52-22)28(14-19-12-20(42)15-21(43)13-19)53-29(59)17-57-35-30(34(54-57)40(49,50)51)25-16-26(25)39(35,47)48/h6-9,12-13,15,25-26,28H,3,14,16-18H2,1-2,4-5H3,(H,53,59)/t25-,26+,28-/m0/s1. The Kier molecular flexibility index (Phi) is 11.6. The van der Waals surface area contributed by atoms with Gasteiger partial charge in [0.25, 0.3) is 5.92 Å². The van der Waals surface area contributed by atoms with E-state index < -0.39 is 126 Å². The summed E-state index contributed by atoms with van der Waals surface area (Å²) in [6.07, 6.45) is -9.50. The fourth-order valence-corrected chi connectivity index (χ4v) is 8.50. The van der Waals surface area contributed by atoms with E-state index in [0.717, 1.165) is 24.5 Å². The van der Waals surface area contributed by atoms with Crippen molar-refractivity contribution in [2.24, 2.45) is 5.92 Å². The van der Waals surface area contributed by atoms with Crippen molar-refractivity contribution in [2.45, 2.75) is 74.8 Å². The lowest BCUT2D eigenvalue weighted by atomic mass is 9.93. The SMILES string of the molecule is [CH2]N(c1nn(CC(F)(F)F)c2c(-c3ccc(C#CC(C)(C)S(C)(=O)=O)nc3[C@H](Cc3cc(F)cc(F)c3)NC(=O)Cn3nc(C(F)(F)F)c4c3C(F)(F)[C@@H]3C[C@H]43)ccc(Cl)c12)S(C)(=O)=O. The number of rotatable bonds is 11. The second-order valence-electron chi connectivity index (χ2n) is 16.1. The number of alkyl halides is 8. The van der Waals surface area contributed by atoms with Gasteiger partial charge in [-0.3, -0.25) is 18.5 Å². The van der Waals surface area contributed by atoms with E-state index in [2.05, 4.69) is 39.4 Å². The molecule has 0 saturated heterocycles. The summed E-state index contributed by atoms with van der Waals surface area (Å²) < 4.78 is 195. The zero-order chi connectivity index (χ0) is 48.1. The Morgan fingerprint density at radius 2 is 1.62 bits per heavy atom. The Labute approximate surface area is 368 Å². The average molecular weight is 981 g/mol. The number of fused-ring (bicyclic) bond motifs is 4. The number of anilines is 1. The first-order valence-corrected chi connectivity index (χ1v) is 23.0.